The molecular formula is C25H34N4O2Si. The van der Waals surface area contributed by atoms with Crippen molar-refractivity contribution in [1.29, 1.82) is 0 Å². The second-order valence-electron chi connectivity index (χ2n) is 11.2. The van der Waals surface area contributed by atoms with E-state index in [0.717, 1.165) is 42.5 Å². The Bertz CT molecular complexity index is 1060. The van der Waals surface area contributed by atoms with Crippen molar-refractivity contribution in [2.45, 2.75) is 69.7 Å². The van der Waals surface area contributed by atoms with Crippen molar-refractivity contribution >= 4 is 31.5 Å². The molecule has 5 rings (SSSR count). The molecule has 1 fully saturated rings. The first-order chi connectivity index (χ1) is 15.1. The Labute approximate surface area is 191 Å². The first-order valence-electron chi connectivity index (χ1n) is 11.8. The lowest BCUT2D eigenvalue weighted by Gasteiger charge is -2.49. The Kier molecular flexibility index (Phi) is 4.72. The Morgan fingerprint density at radius 2 is 1.84 bits per heavy atom. The van der Waals surface area contributed by atoms with Crippen molar-refractivity contribution in [3.05, 3.63) is 41.0 Å². The molecule has 0 aromatic heterocycles. The van der Waals surface area contributed by atoms with Gasteiger partial charge in [0.1, 0.15) is 5.84 Å². The summed E-state index contributed by atoms with van der Waals surface area (Å²) >= 11 is 0. The molecule has 1 saturated carbocycles. The number of nitrogens with zero attached hydrogens (tertiary/aromatic N) is 3. The summed E-state index contributed by atoms with van der Waals surface area (Å²) in [6.07, 6.45) is 3.99. The van der Waals surface area contributed by atoms with Gasteiger partial charge >= 0.3 is 6.03 Å². The van der Waals surface area contributed by atoms with Crippen LogP contribution >= 0.6 is 0 Å². The molecule has 6 nitrogen and oxygen atoms in total. The highest BCUT2D eigenvalue weighted by molar-refractivity contribution is 6.82. The fourth-order valence-electron chi connectivity index (χ4n) is 5.92. The number of para-hydroxylation sites is 1. The van der Waals surface area contributed by atoms with Gasteiger partial charge < -0.3 is 10.2 Å². The second-order valence-corrected chi connectivity index (χ2v) is 16.7. The van der Waals surface area contributed by atoms with Gasteiger partial charge in [-0.15, -0.1) is 0 Å². The number of hydrogen-bond acceptors (Lipinski definition) is 3. The highest BCUT2D eigenvalue weighted by atomic mass is 28.3. The topological polar surface area (TPSA) is 65.0 Å². The number of hydrogen-bond donors (Lipinski definition) is 1. The van der Waals surface area contributed by atoms with Crippen molar-refractivity contribution in [3.8, 4) is 0 Å². The number of amidine groups is 1. The summed E-state index contributed by atoms with van der Waals surface area (Å²) in [4.78, 5) is 35.6. The molecule has 0 radical (unpaired) electrons. The SMILES string of the molecule is CC1(C)C2=C(CN1C(=O)N1CCc3ccccc31)C(NC(=O)C1([Si](C)(C)C)CCC1)=NC2. The highest BCUT2D eigenvalue weighted by Gasteiger charge is 2.54. The Morgan fingerprint density at radius 1 is 1.12 bits per heavy atom. The number of urea groups is 1. The van der Waals surface area contributed by atoms with Crippen molar-refractivity contribution in [3.63, 3.8) is 0 Å². The number of amides is 3. The summed E-state index contributed by atoms with van der Waals surface area (Å²) in [6, 6.07) is 8.20. The third-order valence-corrected chi connectivity index (χ3v) is 12.0. The van der Waals surface area contributed by atoms with E-state index in [0.29, 0.717) is 25.5 Å². The summed E-state index contributed by atoms with van der Waals surface area (Å²) < 4.78 is 0. The first-order valence-corrected chi connectivity index (χ1v) is 15.3. The van der Waals surface area contributed by atoms with E-state index >= 15 is 0 Å². The Balaban J connectivity index is 1.36. The van der Waals surface area contributed by atoms with Gasteiger partial charge in [0.2, 0.25) is 5.91 Å². The highest BCUT2D eigenvalue weighted by Crippen LogP contribution is 2.55. The summed E-state index contributed by atoms with van der Waals surface area (Å²) in [5.41, 5.74) is 4.01. The van der Waals surface area contributed by atoms with Gasteiger partial charge in [-0.05, 0) is 50.3 Å². The maximum Gasteiger partial charge on any atom is 0.325 e. The molecule has 1 aromatic rings. The minimum Gasteiger partial charge on any atom is -0.311 e. The van der Waals surface area contributed by atoms with Gasteiger partial charge in [-0.1, -0.05) is 44.3 Å². The van der Waals surface area contributed by atoms with Crippen LogP contribution in [0.15, 0.2) is 40.4 Å². The maximum absolute atomic E-state index is 13.6. The molecule has 3 heterocycles. The number of aliphatic imine (C=N–C) groups is 1. The molecule has 0 spiro atoms. The van der Waals surface area contributed by atoms with Crippen molar-refractivity contribution in [1.82, 2.24) is 10.2 Å². The van der Waals surface area contributed by atoms with Crippen LogP contribution in [0.1, 0.15) is 38.7 Å². The third kappa shape index (κ3) is 2.93. The van der Waals surface area contributed by atoms with Crippen LogP contribution in [0.5, 0.6) is 0 Å². The lowest BCUT2D eigenvalue weighted by Crippen LogP contribution is -2.55. The number of fused-ring (bicyclic) bond motifs is 1. The molecule has 170 valence electrons. The zero-order valence-electron chi connectivity index (χ0n) is 19.9. The average molecular weight is 451 g/mol. The average Bonchev–Trinajstić information content (AvgIpc) is 3.33. The number of carbonyl (C=O) groups excluding carboxylic acids is 2. The minimum absolute atomic E-state index is 0.0394. The van der Waals surface area contributed by atoms with Gasteiger partial charge in [-0.3, -0.25) is 14.7 Å². The van der Waals surface area contributed by atoms with Crippen molar-refractivity contribution < 1.29 is 9.59 Å². The summed E-state index contributed by atoms with van der Waals surface area (Å²) in [5.74, 6) is 0.839. The molecule has 4 aliphatic rings. The monoisotopic (exact) mass is 450 g/mol. The minimum atomic E-state index is -1.66. The van der Waals surface area contributed by atoms with Gasteiger partial charge in [0.15, 0.2) is 0 Å². The maximum atomic E-state index is 13.6. The van der Waals surface area contributed by atoms with E-state index in [2.05, 4.69) is 44.9 Å². The summed E-state index contributed by atoms with van der Waals surface area (Å²) in [7, 11) is -1.66. The molecule has 7 heteroatoms. The van der Waals surface area contributed by atoms with E-state index in [1.807, 2.05) is 28.0 Å². The van der Waals surface area contributed by atoms with E-state index in [1.54, 1.807) is 0 Å². The molecule has 3 amide bonds. The molecule has 0 atom stereocenters. The quantitative estimate of drug-likeness (QED) is 0.681. The van der Waals surface area contributed by atoms with Gasteiger partial charge in [-0.25, -0.2) is 4.79 Å². The van der Waals surface area contributed by atoms with E-state index in [1.165, 1.54) is 5.56 Å². The third-order valence-electron chi connectivity index (χ3n) is 8.43. The number of carbonyl (C=O) groups is 2. The van der Waals surface area contributed by atoms with E-state index < -0.39 is 13.6 Å². The zero-order valence-corrected chi connectivity index (χ0v) is 20.9. The summed E-state index contributed by atoms with van der Waals surface area (Å²) in [5, 5.41) is 3.03. The number of benzene rings is 1. The largest absolute Gasteiger partial charge is 0.325 e. The van der Waals surface area contributed by atoms with Crippen LogP contribution < -0.4 is 10.2 Å². The molecule has 3 aliphatic heterocycles. The van der Waals surface area contributed by atoms with Crippen LogP contribution in [0.3, 0.4) is 0 Å². The molecule has 0 saturated heterocycles. The predicted octanol–water partition coefficient (Wildman–Crippen LogP) is 4.35. The van der Waals surface area contributed by atoms with Gasteiger partial charge in [0, 0.05) is 22.8 Å². The van der Waals surface area contributed by atoms with Crippen molar-refractivity contribution in [2.24, 2.45) is 4.99 Å². The Hall–Kier alpha value is -2.41. The molecule has 0 unspecified atom stereocenters. The smallest absolute Gasteiger partial charge is 0.311 e. The van der Waals surface area contributed by atoms with Crippen LogP contribution in [-0.2, 0) is 11.2 Å². The fraction of sp³-hybridized carbons (Fsp3) is 0.560. The summed E-state index contributed by atoms with van der Waals surface area (Å²) in [6.45, 7) is 12.8. The van der Waals surface area contributed by atoms with Crippen LogP contribution in [0.4, 0.5) is 10.5 Å². The van der Waals surface area contributed by atoms with Gasteiger partial charge in [0.05, 0.1) is 26.7 Å². The fourth-order valence-corrected chi connectivity index (χ4v) is 8.52. The molecule has 1 aromatic carbocycles. The van der Waals surface area contributed by atoms with Crippen LogP contribution in [0.2, 0.25) is 24.7 Å². The Morgan fingerprint density at radius 3 is 2.50 bits per heavy atom. The van der Waals surface area contributed by atoms with Crippen LogP contribution in [-0.4, -0.2) is 55.9 Å². The standard InChI is InChI=1S/C25H34N4O2Si/c1-24(2)19-15-26-21(27-22(30)25(12-8-13-25)32(3,4)5)18(19)16-29(24)23(31)28-14-11-17-9-6-7-10-20(17)28/h6-7,9-10H,8,11-16H2,1-5H3,(H,26,27,30). The van der Waals surface area contributed by atoms with Gasteiger partial charge in [-0.2, -0.15) is 0 Å². The number of nitrogens with one attached hydrogen (secondary N) is 1. The van der Waals surface area contributed by atoms with E-state index in [4.69, 9.17) is 4.99 Å². The predicted molar refractivity (Wildman–Crippen MR) is 131 cm³/mol. The van der Waals surface area contributed by atoms with Crippen molar-refractivity contribution in [2.75, 3.05) is 24.5 Å². The molecule has 32 heavy (non-hydrogen) atoms. The molecule has 1 N–H and O–H groups in total. The first kappa shape index (κ1) is 21.4. The lowest BCUT2D eigenvalue weighted by molar-refractivity contribution is -0.125. The zero-order chi connectivity index (χ0) is 22.9. The van der Waals surface area contributed by atoms with E-state index in [9.17, 15) is 9.59 Å². The molecule has 1 aliphatic carbocycles. The van der Waals surface area contributed by atoms with E-state index in [-0.39, 0.29) is 17.0 Å². The lowest BCUT2D eigenvalue weighted by atomic mass is 9.83. The molecule has 0 bridgehead atoms. The van der Waals surface area contributed by atoms with Crippen LogP contribution in [0, 0.1) is 0 Å². The molecular weight excluding hydrogens is 416 g/mol. The number of anilines is 1. The van der Waals surface area contributed by atoms with Crippen LogP contribution in [0.25, 0.3) is 0 Å². The van der Waals surface area contributed by atoms with Gasteiger partial charge in [0.25, 0.3) is 0 Å². The second kappa shape index (κ2) is 7.04. The normalized spacial score (nSPS) is 23.0. The number of rotatable bonds is 2.